The van der Waals surface area contributed by atoms with Crippen molar-refractivity contribution in [1.29, 1.82) is 0 Å². The third kappa shape index (κ3) is 4.72. The standard InChI is InChI=1S/C22H22ClN5O/c1-27-11-13-28(14-12-27)21-10-9-20(25-26-21)16-5-7-19(8-6-16)24-22(29)17-3-2-4-18(23)15-17/h2-10,15H,11-14H2,1H3,(H,24,29)/p+1. The summed E-state index contributed by atoms with van der Waals surface area (Å²) >= 11 is 5.95. The van der Waals surface area contributed by atoms with Gasteiger partial charge in [0.05, 0.1) is 38.9 Å². The molecule has 1 saturated heterocycles. The predicted octanol–water partition coefficient (Wildman–Crippen LogP) is 2.38. The van der Waals surface area contributed by atoms with Gasteiger partial charge < -0.3 is 15.1 Å². The third-order valence-electron chi connectivity index (χ3n) is 5.12. The van der Waals surface area contributed by atoms with Crippen LogP contribution in [-0.2, 0) is 0 Å². The highest BCUT2D eigenvalue weighted by atomic mass is 35.5. The molecule has 7 heteroatoms. The first-order chi connectivity index (χ1) is 14.1. The lowest BCUT2D eigenvalue weighted by molar-refractivity contribution is -0.880. The number of hydrogen-bond acceptors (Lipinski definition) is 4. The van der Waals surface area contributed by atoms with E-state index in [4.69, 9.17) is 11.6 Å². The molecule has 0 saturated carbocycles. The number of hydrogen-bond donors (Lipinski definition) is 2. The van der Waals surface area contributed by atoms with E-state index in [1.165, 1.54) is 0 Å². The van der Waals surface area contributed by atoms with Crippen LogP contribution in [0, 0.1) is 0 Å². The Balaban J connectivity index is 1.42. The van der Waals surface area contributed by atoms with Gasteiger partial charge in [-0.15, -0.1) is 10.2 Å². The quantitative estimate of drug-likeness (QED) is 0.695. The first kappa shape index (κ1) is 19.4. The van der Waals surface area contributed by atoms with Gasteiger partial charge in [0.2, 0.25) is 0 Å². The minimum Gasteiger partial charge on any atom is -0.344 e. The molecule has 2 aromatic carbocycles. The average Bonchev–Trinajstić information content (AvgIpc) is 2.75. The summed E-state index contributed by atoms with van der Waals surface area (Å²) in [5, 5.41) is 12.2. The summed E-state index contributed by atoms with van der Waals surface area (Å²) in [4.78, 5) is 16.2. The van der Waals surface area contributed by atoms with Crippen molar-refractivity contribution in [2.75, 3.05) is 43.4 Å². The van der Waals surface area contributed by atoms with Crippen LogP contribution in [0.5, 0.6) is 0 Å². The lowest BCUT2D eigenvalue weighted by Gasteiger charge is -2.30. The van der Waals surface area contributed by atoms with E-state index in [2.05, 4.69) is 27.5 Å². The molecule has 6 nitrogen and oxygen atoms in total. The van der Waals surface area contributed by atoms with E-state index in [1.54, 1.807) is 29.2 Å². The maximum atomic E-state index is 12.3. The maximum absolute atomic E-state index is 12.3. The van der Waals surface area contributed by atoms with Crippen molar-refractivity contribution in [2.45, 2.75) is 0 Å². The number of aromatic nitrogens is 2. The van der Waals surface area contributed by atoms with Gasteiger partial charge in [-0.25, -0.2) is 0 Å². The minimum absolute atomic E-state index is 0.196. The van der Waals surface area contributed by atoms with Gasteiger partial charge in [0, 0.05) is 21.8 Å². The molecule has 0 aliphatic carbocycles. The van der Waals surface area contributed by atoms with E-state index in [9.17, 15) is 4.79 Å². The largest absolute Gasteiger partial charge is 0.344 e. The number of nitrogens with one attached hydrogen (secondary N) is 2. The van der Waals surface area contributed by atoms with Crippen molar-refractivity contribution in [1.82, 2.24) is 10.2 Å². The van der Waals surface area contributed by atoms with Gasteiger partial charge in [-0.3, -0.25) is 4.79 Å². The van der Waals surface area contributed by atoms with Gasteiger partial charge >= 0.3 is 0 Å². The fourth-order valence-electron chi connectivity index (χ4n) is 3.32. The monoisotopic (exact) mass is 408 g/mol. The second kappa shape index (κ2) is 8.59. The van der Waals surface area contributed by atoms with E-state index < -0.39 is 0 Å². The molecular weight excluding hydrogens is 386 g/mol. The molecule has 1 amide bonds. The van der Waals surface area contributed by atoms with Crippen LogP contribution in [0.4, 0.5) is 11.5 Å². The highest BCUT2D eigenvalue weighted by molar-refractivity contribution is 6.31. The van der Waals surface area contributed by atoms with E-state index in [1.807, 2.05) is 36.4 Å². The summed E-state index contributed by atoms with van der Waals surface area (Å²) in [7, 11) is 2.22. The van der Waals surface area contributed by atoms with Crippen LogP contribution in [-0.4, -0.2) is 49.3 Å². The molecule has 0 atom stereocenters. The van der Waals surface area contributed by atoms with Crippen LogP contribution >= 0.6 is 11.6 Å². The summed E-state index contributed by atoms with van der Waals surface area (Å²) in [6.07, 6.45) is 0. The first-order valence-electron chi connectivity index (χ1n) is 9.66. The van der Waals surface area contributed by atoms with Gasteiger partial charge in [-0.2, -0.15) is 0 Å². The van der Waals surface area contributed by atoms with Gasteiger partial charge in [-0.05, 0) is 42.5 Å². The lowest BCUT2D eigenvalue weighted by Crippen LogP contribution is -3.12. The van der Waals surface area contributed by atoms with Crippen LogP contribution in [0.2, 0.25) is 5.02 Å². The van der Waals surface area contributed by atoms with Crippen molar-refractivity contribution in [3.63, 3.8) is 0 Å². The highest BCUT2D eigenvalue weighted by Crippen LogP contribution is 2.21. The number of rotatable bonds is 4. The van der Waals surface area contributed by atoms with Crippen LogP contribution < -0.4 is 15.1 Å². The molecule has 1 aliphatic rings. The smallest absolute Gasteiger partial charge is 0.255 e. The maximum Gasteiger partial charge on any atom is 0.255 e. The third-order valence-corrected chi connectivity index (χ3v) is 5.35. The molecule has 0 spiro atoms. The van der Waals surface area contributed by atoms with Crippen molar-refractivity contribution in [3.8, 4) is 11.3 Å². The molecule has 29 heavy (non-hydrogen) atoms. The SMILES string of the molecule is C[NH+]1CCN(c2ccc(-c3ccc(NC(=O)c4cccc(Cl)c4)cc3)nn2)CC1. The number of carbonyl (C=O) groups is 1. The van der Waals surface area contributed by atoms with Crippen LogP contribution in [0.25, 0.3) is 11.3 Å². The second-order valence-electron chi connectivity index (χ2n) is 7.26. The van der Waals surface area contributed by atoms with Crippen LogP contribution in [0.15, 0.2) is 60.7 Å². The molecule has 0 bridgehead atoms. The Kier molecular flexibility index (Phi) is 5.74. The summed E-state index contributed by atoms with van der Waals surface area (Å²) in [6.45, 7) is 4.24. The van der Waals surface area contributed by atoms with Gasteiger partial charge in [0.25, 0.3) is 5.91 Å². The minimum atomic E-state index is -0.196. The second-order valence-corrected chi connectivity index (χ2v) is 7.70. The van der Waals surface area contributed by atoms with E-state index in [0.29, 0.717) is 16.3 Å². The zero-order valence-electron chi connectivity index (χ0n) is 16.2. The Morgan fingerprint density at radius 2 is 1.79 bits per heavy atom. The number of amides is 1. The molecule has 148 valence electrons. The molecule has 1 aromatic heterocycles. The number of carbonyl (C=O) groups excluding carboxylic acids is 1. The molecule has 2 heterocycles. The van der Waals surface area contributed by atoms with E-state index in [-0.39, 0.29) is 5.91 Å². The van der Waals surface area contributed by atoms with Crippen molar-refractivity contribution < 1.29 is 9.69 Å². The molecule has 4 rings (SSSR count). The van der Waals surface area contributed by atoms with Crippen LogP contribution in [0.1, 0.15) is 10.4 Å². The number of likely N-dealkylation sites (N-methyl/N-ethyl adjacent to an activating group) is 1. The Bertz CT molecular complexity index is 983. The normalized spacial score (nSPS) is 14.6. The Labute approximate surface area is 175 Å². The fourth-order valence-corrected chi connectivity index (χ4v) is 3.51. The fraction of sp³-hybridized carbons (Fsp3) is 0.227. The Hall–Kier alpha value is -2.96. The van der Waals surface area contributed by atoms with Crippen LogP contribution in [0.3, 0.4) is 0 Å². The number of nitrogens with zero attached hydrogens (tertiary/aromatic N) is 3. The van der Waals surface area contributed by atoms with Gasteiger partial charge in [0.1, 0.15) is 0 Å². The number of halogens is 1. The number of anilines is 2. The molecule has 2 N–H and O–H groups in total. The lowest BCUT2D eigenvalue weighted by atomic mass is 10.1. The van der Waals surface area contributed by atoms with Gasteiger partial charge in [0.15, 0.2) is 5.82 Å². The zero-order valence-corrected chi connectivity index (χ0v) is 17.0. The molecular formula is C22H23ClN5O+. The average molecular weight is 409 g/mol. The number of benzene rings is 2. The number of piperazine rings is 1. The molecule has 1 fully saturated rings. The van der Waals surface area contributed by atoms with Gasteiger partial charge in [-0.1, -0.05) is 29.8 Å². The van der Waals surface area contributed by atoms with Crippen molar-refractivity contribution in [3.05, 3.63) is 71.2 Å². The molecule has 1 aliphatic heterocycles. The topological polar surface area (TPSA) is 62.6 Å². The number of quaternary nitrogens is 1. The molecule has 0 radical (unpaired) electrons. The molecule has 0 unspecified atom stereocenters. The van der Waals surface area contributed by atoms with Crippen molar-refractivity contribution >= 4 is 29.0 Å². The highest BCUT2D eigenvalue weighted by Gasteiger charge is 2.18. The summed E-state index contributed by atoms with van der Waals surface area (Å²) in [5.41, 5.74) is 2.99. The first-order valence-corrected chi connectivity index (χ1v) is 10.0. The Morgan fingerprint density at radius 1 is 1.03 bits per heavy atom. The summed E-state index contributed by atoms with van der Waals surface area (Å²) in [5.74, 6) is 0.727. The molecule has 3 aromatic rings. The predicted molar refractivity (Wildman–Crippen MR) is 116 cm³/mol. The van der Waals surface area contributed by atoms with E-state index >= 15 is 0 Å². The van der Waals surface area contributed by atoms with Crippen molar-refractivity contribution in [2.24, 2.45) is 0 Å². The van der Waals surface area contributed by atoms with E-state index in [0.717, 1.165) is 43.3 Å². The summed E-state index contributed by atoms with van der Waals surface area (Å²) < 4.78 is 0. The summed E-state index contributed by atoms with van der Waals surface area (Å²) in [6, 6.07) is 18.5. The zero-order chi connectivity index (χ0) is 20.2. The Morgan fingerprint density at radius 3 is 2.45 bits per heavy atom.